The molecule has 0 radical (unpaired) electrons. The highest BCUT2D eigenvalue weighted by Crippen LogP contribution is 2.17. The van der Waals surface area contributed by atoms with E-state index in [2.05, 4.69) is 5.32 Å². The maximum absolute atomic E-state index is 12.0. The van der Waals surface area contributed by atoms with Gasteiger partial charge < -0.3 is 14.8 Å². The molecule has 0 saturated carbocycles. The summed E-state index contributed by atoms with van der Waals surface area (Å²) in [5.41, 5.74) is 0.413. The van der Waals surface area contributed by atoms with Crippen molar-refractivity contribution < 1.29 is 14.3 Å². The van der Waals surface area contributed by atoms with Crippen LogP contribution in [0.3, 0.4) is 0 Å². The van der Waals surface area contributed by atoms with E-state index in [1.54, 1.807) is 12.1 Å². The van der Waals surface area contributed by atoms with Crippen LogP contribution in [0.2, 0.25) is 0 Å². The summed E-state index contributed by atoms with van der Waals surface area (Å²) in [6.45, 7) is 7.30. The Morgan fingerprint density at radius 3 is 2.60 bits per heavy atom. The fourth-order valence-electron chi connectivity index (χ4n) is 2.08. The molecule has 1 aromatic rings. The number of hydrogen-bond acceptors (Lipinski definition) is 3. The van der Waals surface area contributed by atoms with Gasteiger partial charge in [0.2, 0.25) is 0 Å². The average Bonchev–Trinajstić information content (AvgIpc) is 2.88. The summed E-state index contributed by atoms with van der Waals surface area (Å²) in [4.78, 5) is 12.0. The first-order valence-electron chi connectivity index (χ1n) is 7.11. The van der Waals surface area contributed by atoms with E-state index in [9.17, 15) is 4.79 Å². The molecule has 1 fully saturated rings. The molecule has 4 heteroatoms. The largest absolute Gasteiger partial charge is 0.491 e. The molecule has 0 spiro atoms. The van der Waals surface area contributed by atoms with Gasteiger partial charge in [0.05, 0.1) is 6.10 Å². The lowest BCUT2D eigenvalue weighted by atomic mass is 10.1. The van der Waals surface area contributed by atoms with Crippen molar-refractivity contribution in [2.45, 2.75) is 45.3 Å². The highest BCUT2D eigenvalue weighted by atomic mass is 16.5. The Morgan fingerprint density at radius 2 is 2.05 bits per heavy atom. The van der Waals surface area contributed by atoms with Crippen LogP contribution in [0.1, 0.15) is 44.0 Å². The maximum atomic E-state index is 12.0. The van der Waals surface area contributed by atoms with Crippen LogP contribution >= 0.6 is 0 Å². The molecular formula is C16H23NO3. The molecule has 1 aliphatic heterocycles. The van der Waals surface area contributed by atoms with E-state index in [0.29, 0.717) is 12.2 Å². The number of benzene rings is 1. The van der Waals surface area contributed by atoms with Gasteiger partial charge in [-0.05, 0) is 57.9 Å². The van der Waals surface area contributed by atoms with Gasteiger partial charge in [-0.2, -0.15) is 0 Å². The summed E-state index contributed by atoms with van der Waals surface area (Å²) in [5.74, 6) is 0.705. The number of amides is 1. The Hall–Kier alpha value is -1.55. The second-order valence-electron chi connectivity index (χ2n) is 6.17. The van der Waals surface area contributed by atoms with Crippen molar-refractivity contribution in [1.82, 2.24) is 5.32 Å². The summed E-state index contributed by atoms with van der Waals surface area (Å²) in [5, 5.41) is 2.93. The maximum Gasteiger partial charge on any atom is 0.251 e. The predicted octanol–water partition coefficient (Wildman–Crippen LogP) is 2.77. The predicted molar refractivity (Wildman–Crippen MR) is 78.1 cm³/mol. The number of rotatable bonds is 4. The van der Waals surface area contributed by atoms with Crippen LogP contribution in [0, 0.1) is 0 Å². The van der Waals surface area contributed by atoms with Crippen molar-refractivity contribution >= 4 is 5.91 Å². The zero-order valence-electron chi connectivity index (χ0n) is 12.4. The normalized spacial score (nSPS) is 18.9. The number of ether oxygens (including phenoxy) is 2. The van der Waals surface area contributed by atoms with E-state index < -0.39 is 0 Å². The van der Waals surface area contributed by atoms with Crippen molar-refractivity contribution in [3.8, 4) is 5.75 Å². The van der Waals surface area contributed by atoms with Gasteiger partial charge in [0.15, 0.2) is 0 Å². The minimum absolute atomic E-state index is 0.0665. The lowest BCUT2D eigenvalue weighted by Crippen LogP contribution is -2.40. The van der Waals surface area contributed by atoms with Crippen LogP contribution in [0.15, 0.2) is 24.3 Å². The number of carbonyl (C=O) groups is 1. The van der Waals surface area contributed by atoms with Crippen molar-refractivity contribution in [2.24, 2.45) is 0 Å². The molecule has 1 atom stereocenters. The molecule has 4 nitrogen and oxygen atoms in total. The summed E-state index contributed by atoms with van der Waals surface area (Å²) < 4.78 is 11.2. The van der Waals surface area contributed by atoms with Gasteiger partial charge in [-0.15, -0.1) is 0 Å². The van der Waals surface area contributed by atoms with Gasteiger partial charge in [-0.1, -0.05) is 0 Å². The van der Waals surface area contributed by atoms with Gasteiger partial charge in [0, 0.05) is 17.7 Å². The molecule has 2 rings (SSSR count). The Morgan fingerprint density at radius 1 is 1.35 bits per heavy atom. The topological polar surface area (TPSA) is 47.6 Å². The molecule has 0 bridgehead atoms. The first-order chi connectivity index (χ1) is 9.44. The number of nitrogens with one attached hydrogen (secondary N) is 1. The monoisotopic (exact) mass is 277 g/mol. The molecule has 1 saturated heterocycles. The second kappa shape index (κ2) is 6.27. The highest BCUT2D eigenvalue weighted by Gasteiger charge is 2.17. The summed E-state index contributed by atoms with van der Waals surface area (Å²) in [7, 11) is 0. The van der Waals surface area contributed by atoms with Crippen LogP contribution in [0.25, 0.3) is 0 Å². The Labute approximate surface area is 120 Å². The molecule has 1 N–H and O–H groups in total. The second-order valence-corrected chi connectivity index (χ2v) is 6.17. The molecular weight excluding hydrogens is 254 g/mol. The van der Waals surface area contributed by atoms with Crippen LogP contribution in [0.5, 0.6) is 5.75 Å². The average molecular weight is 277 g/mol. The molecule has 1 amide bonds. The summed E-state index contributed by atoms with van der Waals surface area (Å²) >= 11 is 0. The Balaban J connectivity index is 1.87. The van der Waals surface area contributed by atoms with Crippen molar-refractivity contribution in [2.75, 3.05) is 13.2 Å². The SMILES string of the molecule is CC(C)(C)NC(=O)c1ccc(OCC2CCCO2)cc1. The van der Waals surface area contributed by atoms with Crippen molar-refractivity contribution in [3.05, 3.63) is 29.8 Å². The first-order valence-corrected chi connectivity index (χ1v) is 7.11. The van der Waals surface area contributed by atoms with Crippen LogP contribution in [0.4, 0.5) is 0 Å². The molecule has 0 aliphatic carbocycles. The molecule has 1 aromatic carbocycles. The number of hydrogen-bond donors (Lipinski definition) is 1. The fraction of sp³-hybridized carbons (Fsp3) is 0.562. The molecule has 1 heterocycles. The van der Waals surface area contributed by atoms with Crippen LogP contribution in [-0.2, 0) is 4.74 Å². The summed E-state index contributed by atoms with van der Waals surface area (Å²) in [6, 6.07) is 7.22. The van der Waals surface area contributed by atoms with E-state index in [1.807, 2.05) is 32.9 Å². The minimum atomic E-state index is -0.230. The lowest BCUT2D eigenvalue weighted by Gasteiger charge is -2.20. The Bertz CT molecular complexity index is 442. The fourth-order valence-corrected chi connectivity index (χ4v) is 2.08. The van der Waals surface area contributed by atoms with Gasteiger partial charge in [-0.3, -0.25) is 4.79 Å². The van der Waals surface area contributed by atoms with Gasteiger partial charge in [0.25, 0.3) is 5.91 Å². The third kappa shape index (κ3) is 4.53. The quantitative estimate of drug-likeness (QED) is 0.920. The molecule has 20 heavy (non-hydrogen) atoms. The summed E-state index contributed by atoms with van der Waals surface area (Å²) in [6.07, 6.45) is 2.38. The van der Waals surface area contributed by atoms with Gasteiger partial charge in [0.1, 0.15) is 12.4 Å². The van der Waals surface area contributed by atoms with E-state index in [0.717, 1.165) is 25.2 Å². The lowest BCUT2D eigenvalue weighted by molar-refractivity contribution is 0.0679. The zero-order chi connectivity index (χ0) is 14.6. The van der Waals surface area contributed by atoms with Crippen LogP contribution in [-0.4, -0.2) is 30.8 Å². The first kappa shape index (κ1) is 14.9. The minimum Gasteiger partial charge on any atom is -0.491 e. The third-order valence-electron chi connectivity index (χ3n) is 3.06. The zero-order valence-corrected chi connectivity index (χ0v) is 12.4. The Kier molecular flexibility index (Phi) is 4.65. The smallest absolute Gasteiger partial charge is 0.251 e. The van der Waals surface area contributed by atoms with E-state index in [4.69, 9.17) is 9.47 Å². The van der Waals surface area contributed by atoms with E-state index in [1.165, 1.54) is 0 Å². The molecule has 1 unspecified atom stereocenters. The highest BCUT2D eigenvalue weighted by molar-refractivity contribution is 5.94. The van der Waals surface area contributed by atoms with Crippen LogP contribution < -0.4 is 10.1 Å². The van der Waals surface area contributed by atoms with E-state index in [-0.39, 0.29) is 17.6 Å². The van der Waals surface area contributed by atoms with Gasteiger partial charge >= 0.3 is 0 Å². The molecule has 0 aromatic heterocycles. The van der Waals surface area contributed by atoms with Crippen molar-refractivity contribution in [3.63, 3.8) is 0 Å². The van der Waals surface area contributed by atoms with E-state index >= 15 is 0 Å². The van der Waals surface area contributed by atoms with Gasteiger partial charge in [-0.25, -0.2) is 0 Å². The third-order valence-corrected chi connectivity index (χ3v) is 3.06. The molecule has 110 valence electrons. The molecule has 1 aliphatic rings. The number of carbonyl (C=O) groups excluding carboxylic acids is 1. The van der Waals surface area contributed by atoms with Crippen molar-refractivity contribution in [1.29, 1.82) is 0 Å². The standard InChI is InChI=1S/C16H23NO3/c1-16(2,3)17-15(18)12-6-8-13(9-7-12)20-11-14-5-4-10-19-14/h6-9,14H,4-5,10-11H2,1-3H3,(H,17,18).